The molecule has 5 nitrogen and oxygen atoms in total. The van der Waals surface area contributed by atoms with Crippen LogP contribution in [0, 0.1) is 0 Å². The summed E-state index contributed by atoms with van der Waals surface area (Å²) in [5, 5.41) is 20.1. The lowest BCUT2D eigenvalue weighted by molar-refractivity contribution is 0.0694. The molecule has 1 heterocycles. The van der Waals surface area contributed by atoms with E-state index in [1.54, 1.807) is 25.8 Å². The normalized spacial score (nSPS) is 11.6. The Kier molecular flexibility index (Phi) is 3.63. The molecule has 106 valence electrons. The maximum Gasteiger partial charge on any atom is 0.339 e. The van der Waals surface area contributed by atoms with Gasteiger partial charge >= 0.3 is 5.97 Å². The van der Waals surface area contributed by atoms with Crippen LogP contribution in [0.2, 0.25) is 0 Å². The minimum absolute atomic E-state index is 0.135. The summed E-state index contributed by atoms with van der Waals surface area (Å²) in [7, 11) is 1.77. The summed E-state index contributed by atoms with van der Waals surface area (Å²) in [4.78, 5) is 17.3. The zero-order valence-corrected chi connectivity index (χ0v) is 11.8. The highest BCUT2D eigenvalue weighted by Crippen LogP contribution is 2.29. The standard InChI is InChI=1S/C15H18N2O3/c1-15(2,20)9-17(3)13-10-6-4-5-7-12(10)16-8-11(13)14(18)19/h4-8,20H,9H2,1-3H3,(H,18,19). The molecular formula is C15H18N2O3. The lowest BCUT2D eigenvalue weighted by Crippen LogP contribution is -2.37. The summed E-state index contributed by atoms with van der Waals surface area (Å²) in [5.41, 5.74) is 0.519. The molecule has 1 aromatic heterocycles. The Hall–Kier alpha value is -2.14. The number of hydrogen-bond donors (Lipinski definition) is 2. The number of carboxylic acids is 1. The minimum atomic E-state index is -1.03. The van der Waals surface area contributed by atoms with Crippen molar-refractivity contribution in [2.24, 2.45) is 0 Å². The average molecular weight is 274 g/mol. The first-order chi connectivity index (χ1) is 9.29. The minimum Gasteiger partial charge on any atom is -0.478 e. The molecule has 0 fully saturated rings. The van der Waals surface area contributed by atoms with Crippen molar-refractivity contribution in [2.45, 2.75) is 19.4 Å². The molecule has 0 atom stereocenters. The number of likely N-dealkylation sites (N-methyl/N-ethyl adjacent to an activating group) is 1. The van der Waals surface area contributed by atoms with Crippen LogP contribution >= 0.6 is 0 Å². The summed E-state index contributed by atoms with van der Waals surface area (Å²) in [6.45, 7) is 3.70. The molecule has 1 aromatic carbocycles. The maximum atomic E-state index is 11.4. The third-order valence-corrected chi connectivity index (χ3v) is 2.98. The highest BCUT2D eigenvalue weighted by molar-refractivity contribution is 6.04. The van der Waals surface area contributed by atoms with Crippen LogP contribution in [-0.4, -0.2) is 40.4 Å². The fraction of sp³-hybridized carbons (Fsp3) is 0.333. The van der Waals surface area contributed by atoms with Crippen LogP contribution < -0.4 is 4.90 Å². The number of carbonyl (C=O) groups is 1. The van der Waals surface area contributed by atoms with Crippen LogP contribution in [0.5, 0.6) is 0 Å². The van der Waals surface area contributed by atoms with Crippen molar-refractivity contribution in [1.82, 2.24) is 4.98 Å². The number of para-hydroxylation sites is 1. The average Bonchev–Trinajstić information content (AvgIpc) is 2.35. The van der Waals surface area contributed by atoms with Gasteiger partial charge in [-0.3, -0.25) is 4.98 Å². The first-order valence-corrected chi connectivity index (χ1v) is 6.34. The van der Waals surface area contributed by atoms with Gasteiger partial charge in [-0.2, -0.15) is 0 Å². The molecule has 0 saturated carbocycles. The van der Waals surface area contributed by atoms with Crippen LogP contribution in [-0.2, 0) is 0 Å². The van der Waals surface area contributed by atoms with Crippen LogP contribution in [0.4, 0.5) is 5.69 Å². The lowest BCUT2D eigenvalue weighted by atomic mass is 10.1. The number of aromatic nitrogens is 1. The van der Waals surface area contributed by atoms with E-state index >= 15 is 0 Å². The number of benzene rings is 1. The van der Waals surface area contributed by atoms with E-state index in [1.807, 2.05) is 24.3 Å². The van der Waals surface area contributed by atoms with Crippen molar-refractivity contribution in [1.29, 1.82) is 0 Å². The molecule has 0 aliphatic carbocycles. The summed E-state index contributed by atoms with van der Waals surface area (Å²) in [6.07, 6.45) is 1.36. The molecule has 0 amide bonds. The van der Waals surface area contributed by atoms with Crippen molar-refractivity contribution in [3.05, 3.63) is 36.0 Å². The molecule has 0 bridgehead atoms. The molecule has 0 unspecified atom stereocenters. The molecule has 0 aliphatic rings. The zero-order valence-electron chi connectivity index (χ0n) is 11.8. The molecule has 2 rings (SSSR count). The van der Waals surface area contributed by atoms with Gasteiger partial charge in [0, 0.05) is 25.2 Å². The molecular weight excluding hydrogens is 256 g/mol. The summed E-state index contributed by atoms with van der Waals surface area (Å²) >= 11 is 0. The fourth-order valence-electron chi connectivity index (χ4n) is 2.35. The third kappa shape index (κ3) is 2.88. The number of aromatic carboxylic acids is 1. The number of hydrogen-bond acceptors (Lipinski definition) is 4. The van der Waals surface area contributed by atoms with Gasteiger partial charge < -0.3 is 15.1 Å². The predicted molar refractivity (Wildman–Crippen MR) is 78.3 cm³/mol. The quantitative estimate of drug-likeness (QED) is 0.893. The smallest absolute Gasteiger partial charge is 0.339 e. The van der Waals surface area contributed by atoms with Gasteiger partial charge in [-0.1, -0.05) is 18.2 Å². The zero-order chi connectivity index (χ0) is 14.9. The van der Waals surface area contributed by atoms with E-state index in [2.05, 4.69) is 4.98 Å². The first kappa shape index (κ1) is 14.3. The summed E-state index contributed by atoms with van der Waals surface area (Å²) in [6, 6.07) is 7.37. The van der Waals surface area contributed by atoms with Gasteiger partial charge in [0.05, 0.1) is 16.8 Å². The Morgan fingerprint density at radius 1 is 1.35 bits per heavy atom. The Morgan fingerprint density at radius 3 is 2.60 bits per heavy atom. The van der Waals surface area contributed by atoms with Crippen LogP contribution in [0.25, 0.3) is 10.9 Å². The van der Waals surface area contributed by atoms with Gasteiger partial charge in [0.1, 0.15) is 5.56 Å². The van der Waals surface area contributed by atoms with Crippen molar-refractivity contribution in [3.8, 4) is 0 Å². The van der Waals surface area contributed by atoms with E-state index in [0.717, 1.165) is 10.9 Å². The second-order valence-corrected chi connectivity index (χ2v) is 5.51. The van der Waals surface area contributed by atoms with E-state index in [0.29, 0.717) is 12.2 Å². The third-order valence-electron chi connectivity index (χ3n) is 2.98. The summed E-state index contributed by atoms with van der Waals surface area (Å²) < 4.78 is 0. The Bertz CT molecular complexity index is 647. The topological polar surface area (TPSA) is 73.7 Å². The molecule has 0 radical (unpaired) electrons. The number of fused-ring (bicyclic) bond motifs is 1. The molecule has 20 heavy (non-hydrogen) atoms. The van der Waals surface area contributed by atoms with Crippen LogP contribution in [0.3, 0.4) is 0 Å². The Labute approximate surface area is 117 Å². The number of carboxylic acid groups (broad SMARTS) is 1. The number of nitrogens with zero attached hydrogens (tertiary/aromatic N) is 2. The van der Waals surface area contributed by atoms with Crippen molar-refractivity contribution in [3.63, 3.8) is 0 Å². The summed E-state index contributed by atoms with van der Waals surface area (Å²) in [5.74, 6) is -1.03. The SMILES string of the molecule is CN(CC(C)(C)O)c1c(C(=O)O)cnc2ccccc12. The van der Waals surface area contributed by atoms with Crippen molar-refractivity contribution >= 4 is 22.6 Å². The van der Waals surface area contributed by atoms with Gasteiger partial charge in [-0.05, 0) is 19.9 Å². The van der Waals surface area contributed by atoms with Crippen molar-refractivity contribution in [2.75, 3.05) is 18.5 Å². The lowest BCUT2D eigenvalue weighted by Gasteiger charge is -2.29. The highest BCUT2D eigenvalue weighted by Gasteiger charge is 2.22. The van der Waals surface area contributed by atoms with E-state index < -0.39 is 11.6 Å². The second kappa shape index (κ2) is 5.09. The second-order valence-electron chi connectivity index (χ2n) is 5.51. The van der Waals surface area contributed by atoms with Gasteiger partial charge in [0.15, 0.2) is 0 Å². The number of aliphatic hydroxyl groups is 1. The molecule has 0 aliphatic heterocycles. The van der Waals surface area contributed by atoms with Crippen LogP contribution in [0.15, 0.2) is 30.5 Å². The van der Waals surface area contributed by atoms with E-state index in [-0.39, 0.29) is 5.56 Å². The van der Waals surface area contributed by atoms with Gasteiger partial charge in [-0.15, -0.1) is 0 Å². The van der Waals surface area contributed by atoms with Gasteiger partial charge in [0.25, 0.3) is 0 Å². The van der Waals surface area contributed by atoms with E-state index in [4.69, 9.17) is 0 Å². The fourth-order valence-corrected chi connectivity index (χ4v) is 2.35. The van der Waals surface area contributed by atoms with Crippen LogP contribution in [0.1, 0.15) is 24.2 Å². The first-order valence-electron chi connectivity index (χ1n) is 6.34. The Morgan fingerprint density at radius 2 is 2.00 bits per heavy atom. The molecule has 2 aromatic rings. The largest absolute Gasteiger partial charge is 0.478 e. The maximum absolute atomic E-state index is 11.4. The highest BCUT2D eigenvalue weighted by atomic mass is 16.4. The molecule has 2 N–H and O–H groups in total. The molecule has 0 spiro atoms. The van der Waals surface area contributed by atoms with E-state index in [1.165, 1.54) is 6.20 Å². The Balaban J connectivity index is 2.63. The predicted octanol–water partition coefficient (Wildman–Crippen LogP) is 2.14. The van der Waals surface area contributed by atoms with Gasteiger partial charge in [0.2, 0.25) is 0 Å². The molecule has 5 heteroatoms. The number of anilines is 1. The van der Waals surface area contributed by atoms with Crippen molar-refractivity contribution < 1.29 is 15.0 Å². The molecule has 0 saturated heterocycles. The number of pyridine rings is 1. The monoisotopic (exact) mass is 274 g/mol. The van der Waals surface area contributed by atoms with E-state index in [9.17, 15) is 15.0 Å². The van der Waals surface area contributed by atoms with Gasteiger partial charge in [-0.25, -0.2) is 4.79 Å². The number of rotatable bonds is 4.